The maximum Gasteiger partial charge on any atom is 0.408 e. The number of ether oxygens (including phenoxy) is 1. The molecule has 2 rings (SSSR count). The van der Waals surface area contributed by atoms with Crippen LogP contribution >= 0.6 is 15.9 Å². The molecule has 9 heteroatoms. The van der Waals surface area contributed by atoms with E-state index in [1.165, 1.54) is 17.0 Å². The summed E-state index contributed by atoms with van der Waals surface area (Å²) in [5, 5.41) is 2.46. The van der Waals surface area contributed by atoms with E-state index >= 15 is 0 Å². The van der Waals surface area contributed by atoms with E-state index in [0.29, 0.717) is 12.8 Å². The summed E-state index contributed by atoms with van der Waals surface area (Å²) in [6.07, 6.45) is -4.14. The van der Waals surface area contributed by atoms with Gasteiger partial charge < -0.3 is 10.1 Å². The van der Waals surface area contributed by atoms with Gasteiger partial charge in [0.1, 0.15) is 17.5 Å². The smallest absolute Gasteiger partial charge is 0.408 e. The quantitative estimate of drug-likeness (QED) is 0.602. The number of rotatable bonds is 6. The van der Waals surface area contributed by atoms with Gasteiger partial charge in [-0.3, -0.25) is 4.90 Å². The van der Waals surface area contributed by atoms with Gasteiger partial charge in [0.05, 0.1) is 4.47 Å². The van der Waals surface area contributed by atoms with Crippen LogP contribution in [0.3, 0.4) is 0 Å². The minimum atomic E-state index is -4.66. The monoisotopic (exact) mass is 454 g/mol. The number of nitrogens with one attached hydrogen (secondary N) is 1. The number of amides is 1. The highest BCUT2D eigenvalue weighted by molar-refractivity contribution is 9.10. The van der Waals surface area contributed by atoms with E-state index < -0.39 is 35.3 Å². The lowest BCUT2D eigenvalue weighted by atomic mass is 10.0. The number of benzene rings is 1. The molecule has 1 unspecified atom stereocenters. The SMILES string of the molecule is CC(C)(C)OC(=O)NCCN(C1CC1)C(c1cccc(Br)c1F)C(F)(F)F. The van der Waals surface area contributed by atoms with Crippen LogP contribution in [0.1, 0.15) is 45.2 Å². The molecule has 1 aliphatic rings. The van der Waals surface area contributed by atoms with Crippen LogP contribution < -0.4 is 5.32 Å². The average Bonchev–Trinajstić information content (AvgIpc) is 3.31. The molecule has 1 atom stereocenters. The third kappa shape index (κ3) is 6.34. The van der Waals surface area contributed by atoms with Gasteiger partial charge >= 0.3 is 12.3 Å². The minimum Gasteiger partial charge on any atom is -0.444 e. The molecule has 1 fully saturated rings. The molecule has 1 aromatic carbocycles. The van der Waals surface area contributed by atoms with E-state index in [0.717, 1.165) is 6.07 Å². The van der Waals surface area contributed by atoms with Crippen molar-refractivity contribution < 1.29 is 27.1 Å². The highest BCUT2D eigenvalue weighted by atomic mass is 79.9. The van der Waals surface area contributed by atoms with Gasteiger partial charge in [0.15, 0.2) is 0 Å². The topological polar surface area (TPSA) is 41.6 Å². The summed E-state index contributed by atoms with van der Waals surface area (Å²) < 4.78 is 61.0. The Kier molecular flexibility index (Phi) is 6.78. The number of carbonyl (C=O) groups is 1. The summed E-state index contributed by atoms with van der Waals surface area (Å²) in [5.41, 5.74) is -1.13. The zero-order valence-corrected chi connectivity index (χ0v) is 17.0. The van der Waals surface area contributed by atoms with Crippen molar-refractivity contribution in [1.29, 1.82) is 0 Å². The lowest BCUT2D eigenvalue weighted by molar-refractivity contribution is -0.188. The van der Waals surface area contributed by atoms with Crippen molar-refractivity contribution in [2.75, 3.05) is 13.1 Å². The Hall–Kier alpha value is -1.35. The van der Waals surface area contributed by atoms with Gasteiger partial charge in [0.25, 0.3) is 0 Å². The van der Waals surface area contributed by atoms with E-state index in [-0.39, 0.29) is 23.6 Å². The van der Waals surface area contributed by atoms with Crippen molar-refractivity contribution in [3.63, 3.8) is 0 Å². The molecule has 1 N–H and O–H groups in total. The Balaban J connectivity index is 2.16. The summed E-state index contributed by atoms with van der Waals surface area (Å²) in [6, 6.07) is 1.51. The standard InChI is InChI=1S/C18H23BrF4N2O2/c1-17(2,3)27-16(26)24-9-10-25(11-7-8-11)15(18(21,22)23)12-5-4-6-13(19)14(12)20/h4-6,11,15H,7-10H2,1-3H3,(H,24,26). The molecule has 1 saturated carbocycles. The fourth-order valence-corrected chi connectivity index (χ4v) is 3.19. The largest absolute Gasteiger partial charge is 0.444 e. The maximum absolute atomic E-state index is 14.4. The second-order valence-electron chi connectivity index (χ2n) is 7.48. The second kappa shape index (κ2) is 8.34. The normalized spacial score (nSPS) is 16.3. The number of nitrogens with zero attached hydrogens (tertiary/aromatic N) is 1. The molecule has 0 spiro atoms. The molecule has 0 saturated heterocycles. The fraction of sp³-hybridized carbons (Fsp3) is 0.611. The molecular weight excluding hydrogens is 432 g/mol. The van der Waals surface area contributed by atoms with E-state index in [1.54, 1.807) is 20.8 Å². The number of hydrogen-bond donors (Lipinski definition) is 1. The molecule has 0 radical (unpaired) electrons. The molecule has 0 bridgehead atoms. The number of alkyl carbamates (subject to hydrolysis) is 1. The molecule has 1 aliphatic carbocycles. The van der Waals surface area contributed by atoms with Crippen molar-refractivity contribution in [2.24, 2.45) is 0 Å². The van der Waals surface area contributed by atoms with Crippen LogP contribution in [0.4, 0.5) is 22.4 Å². The van der Waals surface area contributed by atoms with Crippen molar-refractivity contribution in [3.8, 4) is 0 Å². The molecule has 4 nitrogen and oxygen atoms in total. The van der Waals surface area contributed by atoms with Gasteiger partial charge in [0, 0.05) is 24.7 Å². The van der Waals surface area contributed by atoms with Crippen LogP contribution in [0.2, 0.25) is 0 Å². The summed E-state index contributed by atoms with van der Waals surface area (Å²) >= 11 is 2.95. The first-order chi connectivity index (χ1) is 12.4. The Labute approximate surface area is 164 Å². The molecule has 152 valence electrons. The molecule has 0 aromatic heterocycles. The van der Waals surface area contributed by atoms with Crippen molar-refractivity contribution in [1.82, 2.24) is 10.2 Å². The molecular formula is C18H23BrF4N2O2. The van der Waals surface area contributed by atoms with E-state index in [4.69, 9.17) is 4.74 Å². The average molecular weight is 455 g/mol. The van der Waals surface area contributed by atoms with E-state index in [2.05, 4.69) is 21.2 Å². The second-order valence-corrected chi connectivity index (χ2v) is 8.34. The van der Waals surface area contributed by atoms with Crippen LogP contribution in [0, 0.1) is 5.82 Å². The van der Waals surface area contributed by atoms with Gasteiger partial charge in [-0.25, -0.2) is 9.18 Å². The Morgan fingerprint density at radius 3 is 2.48 bits per heavy atom. The summed E-state index contributed by atoms with van der Waals surface area (Å²) in [5.74, 6) is -0.925. The molecule has 27 heavy (non-hydrogen) atoms. The van der Waals surface area contributed by atoms with E-state index in [1.807, 2.05) is 0 Å². The van der Waals surface area contributed by atoms with Crippen LogP contribution in [0.15, 0.2) is 22.7 Å². The predicted molar refractivity (Wildman–Crippen MR) is 96.9 cm³/mol. The number of halogens is 5. The molecule has 0 heterocycles. The minimum absolute atomic E-state index is 0.0168. The lowest BCUT2D eigenvalue weighted by Gasteiger charge is -2.34. The number of alkyl halides is 3. The highest BCUT2D eigenvalue weighted by Gasteiger charge is 2.49. The van der Waals surface area contributed by atoms with Gasteiger partial charge in [-0.15, -0.1) is 0 Å². The van der Waals surface area contributed by atoms with Crippen LogP contribution in [-0.4, -0.2) is 41.9 Å². The van der Waals surface area contributed by atoms with Gasteiger partial charge in [0.2, 0.25) is 0 Å². The van der Waals surface area contributed by atoms with E-state index in [9.17, 15) is 22.4 Å². The van der Waals surface area contributed by atoms with Crippen molar-refractivity contribution >= 4 is 22.0 Å². The van der Waals surface area contributed by atoms with Crippen molar-refractivity contribution in [2.45, 2.75) is 57.5 Å². The first-order valence-corrected chi connectivity index (χ1v) is 9.42. The zero-order valence-electron chi connectivity index (χ0n) is 15.4. The third-order valence-corrected chi connectivity index (χ3v) is 4.58. The number of carbonyl (C=O) groups excluding carboxylic acids is 1. The maximum atomic E-state index is 14.4. The summed E-state index contributed by atoms with van der Waals surface area (Å²) in [7, 11) is 0. The Bertz CT molecular complexity index is 672. The highest BCUT2D eigenvalue weighted by Crippen LogP contribution is 2.44. The fourth-order valence-electron chi connectivity index (χ4n) is 2.80. The van der Waals surface area contributed by atoms with Crippen molar-refractivity contribution in [3.05, 3.63) is 34.1 Å². The molecule has 1 aromatic rings. The first-order valence-electron chi connectivity index (χ1n) is 8.63. The lowest BCUT2D eigenvalue weighted by Crippen LogP contribution is -2.45. The van der Waals surface area contributed by atoms with Gasteiger partial charge in [-0.05, 0) is 55.6 Å². The summed E-state index contributed by atoms with van der Waals surface area (Å²) in [6.45, 7) is 4.98. The van der Waals surface area contributed by atoms with Gasteiger partial charge in [-0.2, -0.15) is 13.2 Å². The predicted octanol–water partition coefficient (Wildman–Crippen LogP) is 5.18. The first kappa shape index (κ1) is 21.9. The van der Waals surface area contributed by atoms with Crippen LogP contribution in [0.25, 0.3) is 0 Å². The molecule has 0 aliphatic heterocycles. The van der Waals surface area contributed by atoms with Crippen LogP contribution in [-0.2, 0) is 4.74 Å². The number of hydrogen-bond acceptors (Lipinski definition) is 3. The molecule has 1 amide bonds. The summed E-state index contributed by atoms with van der Waals surface area (Å²) in [4.78, 5) is 12.9. The third-order valence-electron chi connectivity index (χ3n) is 3.97. The Morgan fingerprint density at radius 2 is 1.96 bits per heavy atom. The van der Waals surface area contributed by atoms with Gasteiger partial charge in [-0.1, -0.05) is 12.1 Å². The Morgan fingerprint density at radius 1 is 1.33 bits per heavy atom. The van der Waals surface area contributed by atoms with Crippen LogP contribution in [0.5, 0.6) is 0 Å². The zero-order chi connectivity index (χ0) is 20.4.